The number of nitriles is 1. The number of hydrogen-bond donors (Lipinski definition) is 0. The Labute approximate surface area is 79.6 Å². The van der Waals surface area contributed by atoms with Crippen molar-refractivity contribution in [2.45, 2.75) is 11.8 Å². The van der Waals surface area contributed by atoms with Crippen molar-refractivity contribution in [2.24, 2.45) is 0 Å². The molecule has 0 aliphatic carbocycles. The Kier molecular flexibility index (Phi) is 3.62. The van der Waals surface area contributed by atoms with Gasteiger partial charge < -0.3 is 0 Å². The van der Waals surface area contributed by atoms with Gasteiger partial charge in [-0.05, 0) is 25.1 Å². The van der Waals surface area contributed by atoms with Gasteiger partial charge in [0, 0.05) is 0 Å². The minimum atomic E-state index is -1.45. The molecule has 0 radical (unpaired) electrons. The summed E-state index contributed by atoms with van der Waals surface area (Å²) in [6.07, 6.45) is 0. The molecule has 1 aromatic rings. The first-order valence-corrected chi connectivity index (χ1v) is 4.90. The standard InChI is InChI=1S/C9H9NO2S/c1-2-12-13(11)9-5-3-4-8(6-9)7-10/h3-6H,2H2,1H3. The van der Waals surface area contributed by atoms with E-state index in [4.69, 9.17) is 9.44 Å². The average Bonchev–Trinajstić information content (AvgIpc) is 2.18. The second-order valence-electron chi connectivity index (χ2n) is 2.28. The third-order valence-corrected chi connectivity index (χ3v) is 2.47. The molecule has 0 aliphatic heterocycles. The van der Waals surface area contributed by atoms with Crippen molar-refractivity contribution in [3.05, 3.63) is 29.8 Å². The summed E-state index contributed by atoms with van der Waals surface area (Å²) in [5, 5.41) is 8.58. The Hall–Kier alpha value is -1.18. The van der Waals surface area contributed by atoms with E-state index in [0.717, 1.165) is 0 Å². The lowest BCUT2D eigenvalue weighted by Crippen LogP contribution is -1.97. The Balaban J connectivity index is 2.90. The molecule has 68 valence electrons. The van der Waals surface area contributed by atoms with Crippen LogP contribution in [0.3, 0.4) is 0 Å². The van der Waals surface area contributed by atoms with Crippen molar-refractivity contribution in [1.29, 1.82) is 5.26 Å². The molecule has 0 spiro atoms. The van der Waals surface area contributed by atoms with Crippen molar-refractivity contribution in [2.75, 3.05) is 6.61 Å². The van der Waals surface area contributed by atoms with E-state index in [-0.39, 0.29) is 0 Å². The lowest BCUT2D eigenvalue weighted by atomic mass is 10.2. The predicted molar refractivity (Wildman–Crippen MR) is 49.2 cm³/mol. The van der Waals surface area contributed by atoms with Crippen LogP contribution in [0, 0.1) is 11.3 Å². The highest BCUT2D eigenvalue weighted by Gasteiger charge is 2.03. The summed E-state index contributed by atoms with van der Waals surface area (Å²) in [5.74, 6) is 0. The van der Waals surface area contributed by atoms with Gasteiger partial charge in [-0.2, -0.15) is 5.26 Å². The molecule has 13 heavy (non-hydrogen) atoms. The van der Waals surface area contributed by atoms with Crippen molar-refractivity contribution in [3.8, 4) is 6.07 Å². The zero-order valence-corrected chi connectivity index (χ0v) is 8.00. The van der Waals surface area contributed by atoms with Gasteiger partial charge in [0.05, 0.1) is 23.1 Å². The summed E-state index contributed by atoms with van der Waals surface area (Å²) in [7, 11) is 0. The molecule has 0 N–H and O–H groups in total. The summed E-state index contributed by atoms with van der Waals surface area (Å²) in [6.45, 7) is 2.16. The van der Waals surface area contributed by atoms with E-state index in [0.29, 0.717) is 17.1 Å². The van der Waals surface area contributed by atoms with Gasteiger partial charge in [0.15, 0.2) is 11.1 Å². The highest BCUT2D eigenvalue weighted by atomic mass is 32.2. The maximum Gasteiger partial charge on any atom is 0.189 e. The zero-order chi connectivity index (χ0) is 9.68. The molecule has 1 rings (SSSR count). The van der Waals surface area contributed by atoms with E-state index in [1.807, 2.05) is 6.07 Å². The summed E-state index contributed by atoms with van der Waals surface area (Å²) in [4.78, 5) is 0.529. The van der Waals surface area contributed by atoms with Crippen LogP contribution in [0.5, 0.6) is 0 Å². The van der Waals surface area contributed by atoms with E-state index in [9.17, 15) is 4.21 Å². The minimum Gasteiger partial charge on any atom is -0.287 e. The molecule has 0 aromatic heterocycles. The molecular weight excluding hydrogens is 186 g/mol. The van der Waals surface area contributed by atoms with Gasteiger partial charge in [-0.1, -0.05) is 6.07 Å². The van der Waals surface area contributed by atoms with Crippen molar-refractivity contribution < 1.29 is 8.39 Å². The van der Waals surface area contributed by atoms with Gasteiger partial charge in [0.2, 0.25) is 0 Å². The van der Waals surface area contributed by atoms with E-state index in [2.05, 4.69) is 0 Å². The molecule has 3 nitrogen and oxygen atoms in total. The van der Waals surface area contributed by atoms with Gasteiger partial charge in [-0.15, -0.1) is 0 Å². The predicted octanol–water partition coefficient (Wildman–Crippen LogP) is 1.62. The fourth-order valence-corrected chi connectivity index (χ4v) is 1.61. The maximum absolute atomic E-state index is 11.3. The zero-order valence-electron chi connectivity index (χ0n) is 7.19. The topological polar surface area (TPSA) is 50.1 Å². The molecule has 0 heterocycles. The van der Waals surface area contributed by atoms with Crippen molar-refractivity contribution >= 4 is 11.1 Å². The molecule has 0 fully saturated rings. The van der Waals surface area contributed by atoms with Crippen LogP contribution in [0.2, 0.25) is 0 Å². The van der Waals surface area contributed by atoms with E-state index < -0.39 is 11.1 Å². The van der Waals surface area contributed by atoms with Gasteiger partial charge >= 0.3 is 0 Å². The SMILES string of the molecule is CCOS(=O)c1cccc(C#N)c1. The monoisotopic (exact) mass is 195 g/mol. The fraction of sp³-hybridized carbons (Fsp3) is 0.222. The molecule has 1 aromatic carbocycles. The minimum absolute atomic E-state index is 0.392. The van der Waals surface area contributed by atoms with Crippen LogP contribution in [0.15, 0.2) is 29.2 Å². The number of hydrogen-bond acceptors (Lipinski definition) is 3. The van der Waals surface area contributed by atoms with Crippen LogP contribution in [0.4, 0.5) is 0 Å². The lowest BCUT2D eigenvalue weighted by molar-refractivity contribution is 0.371. The van der Waals surface area contributed by atoms with Gasteiger partial charge in [0.25, 0.3) is 0 Å². The third kappa shape index (κ3) is 2.65. The highest BCUT2D eigenvalue weighted by molar-refractivity contribution is 7.80. The average molecular weight is 195 g/mol. The Morgan fingerprint density at radius 2 is 2.38 bits per heavy atom. The second-order valence-corrected chi connectivity index (χ2v) is 3.46. The first kappa shape index (κ1) is 9.90. The van der Waals surface area contributed by atoms with Crippen LogP contribution in [-0.2, 0) is 15.3 Å². The van der Waals surface area contributed by atoms with Gasteiger partial charge in [-0.3, -0.25) is 4.18 Å². The van der Waals surface area contributed by atoms with E-state index in [1.165, 1.54) is 0 Å². The van der Waals surface area contributed by atoms with E-state index >= 15 is 0 Å². The largest absolute Gasteiger partial charge is 0.287 e. The van der Waals surface area contributed by atoms with Crippen LogP contribution < -0.4 is 0 Å². The van der Waals surface area contributed by atoms with Crippen LogP contribution in [0.25, 0.3) is 0 Å². The molecule has 1 unspecified atom stereocenters. The Bertz CT molecular complexity index is 357. The molecular formula is C9H9NO2S. The molecule has 4 heteroatoms. The third-order valence-electron chi connectivity index (χ3n) is 1.38. The number of nitrogens with zero attached hydrogens (tertiary/aromatic N) is 1. The first-order chi connectivity index (χ1) is 6.27. The molecule has 0 aliphatic rings. The second kappa shape index (κ2) is 4.75. The molecule has 0 saturated heterocycles. The molecule has 1 atom stereocenters. The number of rotatable bonds is 3. The summed E-state index contributed by atoms with van der Waals surface area (Å²) < 4.78 is 16.2. The molecule has 0 saturated carbocycles. The summed E-state index contributed by atoms with van der Waals surface area (Å²) in [5.41, 5.74) is 0.491. The summed E-state index contributed by atoms with van der Waals surface area (Å²) >= 11 is -1.45. The van der Waals surface area contributed by atoms with Crippen molar-refractivity contribution in [1.82, 2.24) is 0 Å². The smallest absolute Gasteiger partial charge is 0.189 e. The highest BCUT2D eigenvalue weighted by Crippen LogP contribution is 2.09. The Morgan fingerprint density at radius 1 is 1.62 bits per heavy atom. The van der Waals surface area contributed by atoms with Gasteiger partial charge in [0.1, 0.15) is 0 Å². The van der Waals surface area contributed by atoms with Crippen LogP contribution in [0.1, 0.15) is 12.5 Å². The fourth-order valence-electron chi connectivity index (χ4n) is 0.844. The van der Waals surface area contributed by atoms with E-state index in [1.54, 1.807) is 31.2 Å². The summed E-state index contributed by atoms with van der Waals surface area (Å²) in [6, 6.07) is 8.55. The van der Waals surface area contributed by atoms with Crippen LogP contribution in [-0.4, -0.2) is 10.8 Å². The molecule has 0 bridgehead atoms. The van der Waals surface area contributed by atoms with Gasteiger partial charge in [-0.25, -0.2) is 4.21 Å². The quantitative estimate of drug-likeness (QED) is 0.736. The lowest BCUT2D eigenvalue weighted by Gasteiger charge is -1.99. The first-order valence-electron chi connectivity index (χ1n) is 3.83. The van der Waals surface area contributed by atoms with Crippen molar-refractivity contribution in [3.63, 3.8) is 0 Å². The molecule has 0 amide bonds. The maximum atomic E-state index is 11.3. The Morgan fingerprint density at radius 3 is 3.00 bits per heavy atom. The number of benzene rings is 1. The van der Waals surface area contributed by atoms with Crippen LogP contribution >= 0.6 is 0 Å². The normalized spacial score (nSPS) is 12.0.